The molecular formula is C22H40O4Si. The normalized spacial score (nSPS) is 11.7. The number of rotatable bonds is 17. The minimum Gasteiger partial charge on any atom is -0.494 e. The average molecular weight is 397 g/mol. The summed E-state index contributed by atoms with van der Waals surface area (Å²) in [6.45, 7) is 10.7. The first-order chi connectivity index (χ1) is 13.2. The molecule has 0 aliphatic heterocycles. The van der Waals surface area contributed by atoms with Gasteiger partial charge >= 0.3 is 8.80 Å². The number of hydrogen-bond donors (Lipinski definition) is 0. The molecule has 0 N–H and O–H groups in total. The van der Waals surface area contributed by atoms with Crippen molar-refractivity contribution in [3.63, 3.8) is 0 Å². The van der Waals surface area contributed by atoms with Crippen molar-refractivity contribution in [3.05, 3.63) is 24.3 Å². The van der Waals surface area contributed by atoms with Crippen molar-refractivity contribution in [3.8, 4) is 5.75 Å². The summed E-state index contributed by atoms with van der Waals surface area (Å²) in [6, 6.07) is 8.05. The Bertz CT molecular complexity index is 447. The Morgan fingerprint density at radius 2 is 1.11 bits per heavy atom. The molecule has 5 heteroatoms. The Hall–Kier alpha value is -0.883. The van der Waals surface area contributed by atoms with E-state index in [1.165, 1.54) is 44.9 Å². The van der Waals surface area contributed by atoms with Gasteiger partial charge in [-0.05, 0) is 39.3 Å². The molecule has 1 rings (SSSR count). The maximum absolute atomic E-state index is 5.95. The van der Waals surface area contributed by atoms with Crippen LogP contribution in [-0.4, -0.2) is 35.2 Å². The molecule has 1 aromatic carbocycles. The molecule has 0 unspecified atom stereocenters. The molecule has 0 amide bonds. The second kappa shape index (κ2) is 15.1. The van der Waals surface area contributed by atoms with Crippen LogP contribution >= 0.6 is 0 Å². The van der Waals surface area contributed by atoms with Crippen molar-refractivity contribution in [2.45, 2.75) is 79.1 Å². The standard InChI is InChI=1S/C22H40O4Si/c1-5-9-10-11-12-13-14-15-20-23-21-16-18-22(19-17-21)27(24-6-2,25-7-3)26-8-4/h16-19H,5-15,20H2,1-4H3. The van der Waals surface area contributed by atoms with E-state index in [-0.39, 0.29) is 0 Å². The maximum atomic E-state index is 5.95. The molecule has 0 aromatic heterocycles. The predicted octanol–water partition coefficient (Wildman–Crippen LogP) is 5.46. The van der Waals surface area contributed by atoms with E-state index in [9.17, 15) is 0 Å². The number of hydrogen-bond acceptors (Lipinski definition) is 4. The SMILES string of the molecule is CCCCCCCCCCOc1ccc([Si](OCC)(OCC)OCC)cc1. The average Bonchev–Trinajstić information content (AvgIpc) is 2.68. The molecule has 0 aliphatic rings. The van der Waals surface area contributed by atoms with Crippen LogP contribution in [0.1, 0.15) is 79.1 Å². The largest absolute Gasteiger partial charge is 0.537 e. The van der Waals surface area contributed by atoms with Crippen molar-refractivity contribution in [1.29, 1.82) is 0 Å². The van der Waals surface area contributed by atoms with Gasteiger partial charge in [-0.2, -0.15) is 0 Å². The molecule has 4 nitrogen and oxygen atoms in total. The van der Waals surface area contributed by atoms with Crippen molar-refractivity contribution < 1.29 is 18.0 Å². The Morgan fingerprint density at radius 1 is 0.630 bits per heavy atom. The molecule has 0 saturated carbocycles. The van der Waals surface area contributed by atoms with Gasteiger partial charge in [-0.15, -0.1) is 0 Å². The van der Waals surface area contributed by atoms with E-state index in [2.05, 4.69) is 6.92 Å². The highest BCUT2D eigenvalue weighted by molar-refractivity contribution is 6.75. The highest BCUT2D eigenvalue weighted by atomic mass is 28.4. The fourth-order valence-electron chi connectivity index (χ4n) is 3.13. The van der Waals surface area contributed by atoms with Gasteiger partial charge in [0.15, 0.2) is 0 Å². The summed E-state index contributed by atoms with van der Waals surface area (Å²) in [7, 11) is -2.81. The van der Waals surface area contributed by atoms with Crippen molar-refractivity contribution in [2.24, 2.45) is 0 Å². The Morgan fingerprint density at radius 3 is 1.59 bits per heavy atom. The van der Waals surface area contributed by atoms with Crippen LogP contribution in [0.2, 0.25) is 0 Å². The minimum atomic E-state index is -2.81. The summed E-state index contributed by atoms with van der Waals surface area (Å²) in [4.78, 5) is 0. The van der Waals surface area contributed by atoms with Gasteiger partial charge in [0.1, 0.15) is 5.75 Å². The summed E-state index contributed by atoms with van der Waals surface area (Å²) < 4.78 is 23.7. The topological polar surface area (TPSA) is 36.9 Å². The van der Waals surface area contributed by atoms with Crippen LogP contribution in [0.3, 0.4) is 0 Å². The van der Waals surface area contributed by atoms with Gasteiger partial charge in [-0.3, -0.25) is 0 Å². The summed E-state index contributed by atoms with van der Waals surface area (Å²) in [6.07, 6.45) is 10.5. The molecule has 0 heterocycles. The number of unbranched alkanes of at least 4 members (excludes halogenated alkanes) is 7. The van der Waals surface area contributed by atoms with E-state index in [1.54, 1.807) is 0 Å². The van der Waals surface area contributed by atoms with Crippen LogP contribution in [0.4, 0.5) is 0 Å². The lowest BCUT2D eigenvalue weighted by Crippen LogP contribution is -2.56. The third kappa shape index (κ3) is 9.24. The Kier molecular flexibility index (Phi) is 13.5. The molecular weight excluding hydrogens is 356 g/mol. The smallest absolute Gasteiger partial charge is 0.494 e. The second-order valence-corrected chi connectivity index (χ2v) is 9.26. The predicted molar refractivity (Wildman–Crippen MR) is 115 cm³/mol. The van der Waals surface area contributed by atoms with Crippen LogP contribution in [0.15, 0.2) is 24.3 Å². The number of ether oxygens (including phenoxy) is 1. The van der Waals surface area contributed by atoms with Crippen LogP contribution in [0.5, 0.6) is 5.75 Å². The lowest BCUT2D eigenvalue weighted by molar-refractivity contribution is 0.0859. The summed E-state index contributed by atoms with van der Waals surface area (Å²) in [5.74, 6) is 0.897. The second-order valence-electron chi connectivity index (χ2n) is 6.70. The van der Waals surface area contributed by atoms with E-state index >= 15 is 0 Å². The number of benzene rings is 1. The first-order valence-corrected chi connectivity index (χ1v) is 12.6. The lowest BCUT2D eigenvalue weighted by atomic mass is 10.1. The zero-order valence-corrected chi connectivity index (χ0v) is 18.9. The highest BCUT2D eigenvalue weighted by Crippen LogP contribution is 2.15. The maximum Gasteiger partial charge on any atom is 0.537 e. The van der Waals surface area contributed by atoms with E-state index < -0.39 is 8.80 Å². The van der Waals surface area contributed by atoms with Crippen molar-refractivity contribution in [2.75, 3.05) is 26.4 Å². The molecule has 1 aromatic rings. The molecule has 0 spiro atoms. The van der Waals surface area contributed by atoms with Crippen molar-refractivity contribution >= 4 is 14.0 Å². The molecule has 0 bridgehead atoms. The lowest BCUT2D eigenvalue weighted by Gasteiger charge is -2.28. The molecule has 0 fully saturated rings. The molecule has 0 saturated heterocycles. The van der Waals surface area contributed by atoms with Crippen molar-refractivity contribution in [1.82, 2.24) is 0 Å². The summed E-state index contributed by atoms with van der Waals surface area (Å²) >= 11 is 0. The Balaban J connectivity index is 2.41. The monoisotopic (exact) mass is 396 g/mol. The van der Waals surface area contributed by atoms with E-state index in [0.717, 1.165) is 24.0 Å². The third-order valence-corrected chi connectivity index (χ3v) is 7.52. The quantitative estimate of drug-likeness (QED) is 0.259. The first kappa shape index (κ1) is 24.2. The molecule has 27 heavy (non-hydrogen) atoms. The van der Waals surface area contributed by atoms with Gasteiger partial charge in [0.25, 0.3) is 0 Å². The van der Waals surface area contributed by atoms with Gasteiger partial charge in [0.2, 0.25) is 0 Å². The van der Waals surface area contributed by atoms with Gasteiger partial charge in [-0.25, -0.2) is 0 Å². The molecule has 0 atom stereocenters. The van der Waals surface area contributed by atoms with Gasteiger partial charge in [0, 0.05) is 25.0 Å². The summed E-state index contributed by atoms with van der Waals surface area (Å²) in [5, 5.41) is 0.993. The van der Waals surface area contributed by atoms with Crippen LogP contribution in [0, 0.1) is 0 Å². The molecule has 156 valence electrons. The molecule has 0 radical (unpaired) electrons. The third-order valence-electron chi connectivity index (χ3n) is 4.48. The zero-order chi connectivity index (χ0) is 19.8. The van der Waals surface area contributed by atoms with Crippen LogP contribution in [0.25, 0.3) is 0 Å². The fourth-order valence-corrected chi connectivity index (χ4v) is 5.59. The van der Waals surface area contributed by atoms with Gasteiger partial charge in [-0.1, -0.05) is 64.0 Å². The van der Waals surface area contributed by atoms with Gasteiger partial charge < -0.3 is 18.0 Å². The first-order valence-electron chi connectivity index (χ1n) is 10.9. The molecule has 0 aliphatic carbocycles. The fraction of sp³-hybridized carbons (Fsp3) is 0.727. The zero-order valence-electron chi connectivity index (χ0n) is 17.9. The Labute approximate surface area is 167 Å². The van der Waals surface area contributed by atoms with Gasteiger partial charge in [0.05, 0.1) is 6.61 Å². The van der Waals surface area contributed by atoms with E-state index in [1.807, 2.05) is 45.0 Å². The van der Waals surface area contributed by atoms with Crippen LogP contribution < -0.4 is 9.92 Å². The minimum absolute atomic E-state index is 0.572. The highest BCUT2D eigenvalue weighted by Gasteiger charge is 2.43. The van der Waals surface area contributed by atoms with E-state index in [4.69, 9.17) is 18.0 Å². The van der Waals surface area contributed by atoms with E-state index in [0.29, 0.717) is 19.8 Å². The van der Waals surface area contributed by atoms with Crippen LogP contribution in [-0.2, 0) is 13.3 Å². The summed E-state index contributed by atoms with van der Waals surface area (Å²) in [5.41, 5.74) is 0.